The van der Waals surface area contributed by atoms with E-state index in [-0.39, 0.29) is 18.6 Å². The average Bonchev–Trinajstić information content (AvgIpc) is 3.27. The molecule has 0 radical (unpaired) electrons. The molecule has 1 aromatic heterocycles. The zero-order valence-corrected chi connectivity index (χ0v) is 19.3. The number of rotatable bonds is 7. The summed E-state index contributed by atoms with van der Waals surface area (Å²) in [7, 11) is 0. The molecule has 8 heteroatoms. The number of nitrogens with zero attached hydrogens (tertiary/aromatic N) is 2. The quantitative estimate of drug-likeness (QED) is 0.563. The van der Waals surface area contributed by atoms with Gasteiger partial charge in [0.2, 0.25) is 12.7 Å². The van der Waals surface area contributed by atoms with Gasteiger partial charge >= 0.3 is 0 Å². The van der Waals surface area contributed by atoms with E-state index in [9.17, 15) is 9.59 Å². The molecule has 0 spiro atoms. The number of amides is 2. The summed E-state index contributed by atoms with van der Waals surface area (Å²) in [6.07, 6.45) is 4.12. The Balaban J connectivity index is 1.34. The van der Waals surface area contributed by atoms with Crippen LogP contribution in [0.25, 0.3) is 0 Å². The number of ether oxygens (including phenoxy) is 3. The van der Waals surface area contributed by atoms with Crippen LogP contribution in [-0.2, 0) is 17.9 Å². The normalized spacial score (nSPS) is 16.8. The van der Waals surface area contributed by atoms with Crippen LogP contribution >= 0.6 is 0 Å². The van der Waals surface area contributed by atoms with E-state index >= 15 is 0 Å². The minimum absolute atomic E-state index is 0.119. The molecule has 0 bridgehead atoms. The van der Waals surface area contributed by atoms with E-state index in [0.717, 1.165) is 24.1 Å². The van der Waals surface area contributed by atoms with E-state index in [2.05, 4.69) is 10.3 Å². The van der Waals surface area contributed by atoms with Crippen LogP contribution in [0.2, 0.25) is 0 Å². The molecule has 1 atom stereocenters. The molecule has 180 valence electrons. The van der Waals surface area contributed by atoms with Crippen LogP contribution in [0.3, 0.4) is 0 Å². The molecule has 2 aromatic carbocycles. The summed E-state index contributed by atoms with van der Waals surface area (Å²) in [6.45, 7) is 1.43. The number of benzene rings is 2. The number of pyridine rings is 1. The number of aromatic nitrogens is 1. The molecule has 5 rings (SSSR count). The van der Waals surface area contributed by atoms with Gasteiger partial charge in [-0.3, -0.25) is 14.6 Å². The lowest BCUT2D eigenvalue weighted by Crippen LogP contribution is -2.48. The fraction of sp³-hybridized carbons (Fsp3) is 0.296. The van der Waals surface area contributed by atoms with Gasteiger partial charge in [0, 0.05) is 24.8 Å². The van der Waals surface area contributed by atoms with Gasteiger partial charge in [0.15, 0.2) is 11.5 Å². The van der Waals surface area contributed by atoms with Crippen molar-refractivity contribution >= 4 is 11.8 Å². The Hall–Kier alpha value is -4.07. The van der Waals surface area contributed by atoms with Gasteiger partial charge in [-0.1, -0.05) is 18.2 Å². The minimum atomic E-state index is -0.546. The van der Waals surface area contributed by atoms with Crippen molar-refractivity contribution < 1.29 is 23.8 Å². The monoisotopic (exact) mass is 473 g/mol. The van der Waals surface area contributed by atoms with Crippen molar-refractivity contribution in [2.45, 2.75) is 38.5 Å². The summed E-state index contributed by atoms with van der Waals surface area (Å²) in [5.41, 5.74) is 2.21. The first-order valence-corrected chi connectivity index (χ1v) is 11.8. The van der Waals surface area contributed by atoms with Crippen LogP contribution < -0.4 is 19.5 Å². The summed E-state index contributed by atoms with van der Waals surface area (Å²) in [4.78, 5) is 32.4. The number of fused-ring (bicyclic) bond motifs is 1. The number of carbonyl (C=O) groups excluding carboxylic acids is 2. The van der Waals surface area contributed by atoms with Gasteiger partial charge in [-0.15, -0.1) is 0 Å². The first-order chi connectivity index (χ1) is 17.2. The van der Waals surface area contributed by atoms with Gasteiger partial charge in [-0.25, -0.2) is 0 Å². The van der Waals surface area contributed by atoms with Crippen molar-refractivity contribution in [3.05, 3.63) is 83.7 Å². The molecule has 8 nitrogen and oxygen atoms in total. The van der Waals surface area contributed by atoms with Crippen molar-refractivity contribution in [1.29, 1.82) is 0 Å². The minimum Gasteiger partial charge on any atom is -0.487 e. The van der Waals surface area contributed by atoms with Crippen LogP contribution in [0.5, 0.6) is 17.2 Å². The number of hydrogen-bond acceptors (Lipinski definition) is 6. The van der Waals surface area contributed by atoms with Gasteiger partial charge in [0.05, 0.1) is 5.69 Å². The SMILES string of the molecule is O=C1NCCCC[C@@H]1N(Cc1ccc(OCc2ccccn2)cc1)C(=O)c1ccc2c(c1)OCO2. The van der Waals surface area contributed by atoms with E-state index in [1.807, 2.05) is 42.5 Å². The van der Waals surface area contributed by atoms with Crippen molar-refractivity contribution in [3.8, 4) is 17.2 Å². The van der Waals surface area contributed by atoms with E-state index in [1.54, 1.807) is 29.3 Å². The van der Waals surface area contributed by atoms with Crippen LogP contribution in [-0.4, -0.2) is 41.1 Å². The number of hydrogen-bond donors (Lipinski definition) is 1. The molecular formula is C27H27N3O5. The Labute approximate surface area is 203 Å². The molecule has 2 aliphatic heterocycles. The molecule has 3 aromatic rings. The largest absolute Gasteiger partial charge is 0.487 e. The lowest BCUT2D eigenvalue weighted by molar-refractivity contribution is -0.125. The topological polar surface area (TPSA) is 90.0 Å². The van der Waals surface area contributed by atoms with Gasteiger partial charge in [0.1, 0.15) is 18.4 Å². The van der Waals surface area contributed by atoms with Crippen LogP contribution in [0.1, 0.15) is 40.9 Å². The predicted octanol–water partition coefficient (Wildman–Crippen LogP) is 3.70. The van der Waals surface area contributed by atoms with Gasteiger partial charge < -0.3 is 24.4 Å². The Morgan fingerprint density at radius 3 is 2.74 bits per heavy atom. The summed E-state index contributed by atoms with van der Waals surface area (Å²) >= 11 is 0. The molecule has 0 unspecified atom stereocenters. The highest BCUT2D eigenvalue weighted by atomic mass is 16.7. The summed E-state index contributed by atoms with van der Waals surface area (Å²) in [6, 6.07) is 17.9. The van der Waals surface area contributed by atoms with Crippen LogP contribution in [0.15, 0.2) is 66.9 Å². The smallest absolute Gasteiger partial charge is 0.254 e. The fourth-order valence-corrected chi connectivity index (χ4v) is 4.27. The summed E-state index contributed by atoms with van der Waals surface area (Å²) in [5.74, 6) is 1.52. The molecule has 35 heavy (non-hydrogen) atoms. The van der Waals surface area contributed by atoms with Crippen molar-refractivity contribution in [2.75, 3.05) is 13.3 Å². The van der Waals surface area contributed by atoms with Crippen molar-refractivity contribution in [2.24, 2.45) is 0 Å². The second-order valence-electron chi connectivity index (χ2n) is 8.56. The Kier molecular flexibility index (Phi) is 6.79. The molecule has 1 fully saturated rings. The fourth-order valence-electron chi connectivity index (χ4n) is 4.27. The zero-order valence-electron chi connectivity index (χ0n) is 19.3. The van der Waals surface area contributed by atoms with E-state index in [1.165, 1.54) is 0 Å². The number of nitrogens with one attached hydrogen (secondary N) is 1. The lowest BCUT2D eigenvalue weighted by Gasteiger charge is -2.30. The number of carbonyl (C=O) groups is 2. The standard InChI is InChI=1S/C27H27N3O5/c31-26-23(6-2-4-14-29-26)30(27(32)20-9-12-24-25(15-20)35-18-34-24)16-19-7-10-22(11-8-19)33-17-21-5-1-3-13-28-21/h1,3,5,7-13,15,23H,2,4,6,14,16-18H2,(H,29,31)/t23-/m0/s1. The summed E-state index contributed by atoms with van der Waals surface area (Å²) < 4.78 is 16.7. The zero-order chi connectivity index (χ0) is 24.0. The first kappa shape index (κ1) is 22.7. The highest BCUT2D eigenvalue weighted by Gasteiger charge is 2.32. The summed E-state index contributed by atoms with van der Waals surface area (Å²) in [5, 5.41) is 2.95. The Morgan fingerprint density at radius 2 is 1.91 bits per heavy atom. The second kappa shape index (κ2) is 10.5. The molecule has 2 amide bonds. The maximum Gasteiger partial charge on any atom is 0.254 e. The third-order valence-corrected chi connectivity index (χ3v) is 6.15. The maximum atomic E-state index is 13.7. The molecule has 0 saturated carbocycles. The first-order valence-electron chi connectivity index (χ1n) is 11.8. The highest BCUT2D eigenvalue weighted by Crippen LogP contribution is 2.33. The molecular weight excluding hydrogens is 446 g/mol. The molecule has 1 N–H and O–H groups in total. The third-order valence-electron chi connectivity index (χ3n) is 6.15. The van der Waals surface area contributed by atoms with E-state index in [4.69, 9.17) is 14.2 Å². The van der Waals surface area contributed by atoms with E-state index in [0.29, 0.717) is 48.9 Å². The van der Waals surface area contributed by atoms with E-state index < -0.39 is 6.04 Å². The second-order valence-corrected chi connectivity index (χ2v) is 8.56. The van der Waals surface area contributed by atoms with Crippen LogP contribution in [0, 0.1) is 0 Å². The predicted molar refractivity (Wildman–Crippen MR) is 128 cm³/mol. The van der Waals surface area contributed by atoms with Gasteiger partial charge in [-0.2, -0.15) is 0 Å². The van der Waals surface area contributed by atoms with Crippen LogP contribution in [0.4, 0.5) is 0 Å². The Morgan fingerprint density at radius 1 is 1.06 bits per heavy atom. The average molecular weight is 474 g/mol. The third kappa shape index (κ3) is 5.37. The molecule has 3 heterocycles. The molecule has 1 saturated heterocycles. The van der Waals surface area contributed by atoms with Crippen molar-refractivity contribution in [3.63, 3.8) is 0 Å². The molecule has 2 aliphatic rings. The van der Waals surface area contributed by atoms with Crippen molar-refractivity contribution in [1.82, 2.24) is 15.2 Å². The van der Waals surface area contributed by atoms with Gasteiger partial charge in [-0.05, 0) is 67.3 Å². The Bertz CT molecular complexity index is 1180. The highest BCUT2D eigenvalue weighted by molar-refractivity contribution is 5.98. The maximum absolute atomic E-state index is 13.7. The lowest BCUT2D eigenvalue weighted by atomic mass is 10.0. The van der Waals surface area contributed by atoms with Gasteiger partial charge in [0.25, 0.3) is 5.91 Å². The molecule has 0 aliphatic carbocycles.